The Labute approximate surface area is 95.4 Å². The third-order valence-corrected chi connectivity index (χ3v) is 2.63. The molecule has 2 nitrogen and oxygen atoms in total. The van der Waals surface area contributed by atoms with Gasteiger partial charge in [0.25, 0.3) is 0 Å². The van der Waals surface area contributed by atoms with Crippen molar-refractivity contribution >= 4 is 16.7 Å². The highest BCUT2D eigenvalue weighted by molar-refractivity contribution is 6.07. The van der Waals surface area contributed by atoms with E-state index in [0.29, 0.717) is 16.5 Å². The molecule has 1 N–H and O–H groups in total. The Morgan fingerprint density at radius 1 is 1.35 bits per heavy atom. The smallest absolute Gasteiger partial charge is 0.360 e. The second-order valence-corrected chi connectivity index (χ2v) is 3.74. The summed E-state index contributed by atoms with van der Waals surface area (Å²) in [7, 11) is 0. The first-order valence-corrected chi connectivity index (χ1v) is 5.15. The fourth-order valence-corrected chi connectivity index (χ4v) is 1.72. The third-order valence-electron chi connectivity index (χ3n) is 2.63. The van der Waals surface area contributed by atoms with Gasteiger partial charge in [0.1, 0.15) is 0 Å². The second-order valence-electron chi connectivity index (χ2n) is 3.74. The highest BCUT2D eigenvalue weighted by Crippen LogP contribution is 2.32. The van der Waals surface area contributed by atoms with E-state index in [4.69, 9.17) is 0 Å². The molecule has 5 heteroatoms. The van der Waals surface area contributed by atoms with Crippen molar-refractivity contribution in [3.05, 3.63) is 35.5 Å². The van der Waals surface area contributed by atoms with Crippen molar-refractivity contribution in [3.8, 4) is 0 Å². The van der Waals surface area contributed by atoms with Gasteiger partial charge >= 0.3 is 6.18 Å². The average Bonchev–Trinajstić information content (AvgIpc) is 2.69. The van der Waals surface area contributed by atoms with Crippen molar-refractivity contribution < 1.29 is 18.0 Å². The van der Waals surface area contributed by atoms with Gasteiger partial charge in [-0.3, -0.25) is 4.79 Å². The first kappa shape index (κ1) is 11.7. The standard InChI is InChI=1S/C12H10F3NO/c1-2-11(17)9-6-16-10-4-3-7(5-8(9)10)12(13,14)15/h3-6,16H,2H2,1H3. The number of Topliss-reactive ketones (excluding diaryl/α,β-unsaturated/α-hetero) is 1. The molecular formula is C12H10F3NO. The topological polar surface area (TPSA) is 32.9 Å². The minimum Gasteiger partial charge on any atom is -0.360 e. The van der Waals surface area contributed by atoms with Gasteiger partial charge in [0.05, 0.1) is 5.56 Å². The van der Waals surface area contributed by atoms with Crippen LogP contribution in [0.3, 0.4) is 0 Å². The Kier molecular flexibility index (Phi) is 2.69. The Morgan fingerprint density at radius 3 is 2.65 bits per heavy atom. The van der Waals surface area contributed by atoms with Crippen LogP contribution in [0.5, 0.6) is 0 Å². The zero-order valence-electron chi connectivity index (χ0n) is 9.06. The van der Waals surface area contributed by atoms with Gasteiger partial charge in [0, 0.05) is 29.1 Å². The number of halogens is 3. The van der Waals surface area contributed by atoms with Crippen molar-refractivity contribution in [3.63, 3.8) is 0 Å². The van der Waals surface area contributed by atoms with Gasteiger partial charge in [-0.2, -0.15) is 13.2 Å². The molecule has 0 saturated carbocycles. The van der Waals surface area contributed by atoms with Gasteiger partial charge in [0.2, 0.25) is 0 Å². The number of aromatic amines is 1. The van der Waals surface area contributed by atoms with E-state index in [2.05, 4.69) is 4.98 Å². The molecular weight excluding hydrogens is 231 g/mol. The van der Waals surface area contributed by atoms with E-state index in [1.54, 1.807) is 6.92 Å². The van der Waals surface area contributed by atoms with Crippen LogP contribution in [0.15, 0.2) is 24.4 Å². The fraction of sp³-hybridized carbons (Fsp3) is 0.250. The Hall–Kier alpha value is -1.78. The molecule has 0 saturated heterocycles. The molecule has 0 bridgehead atoms. The molecule has 0 spiro atoms. The zero-order chi connectivity index (χ0) is 12.6. The summed E-state index contributed by atoms with van der Waals surface area (Å²) in [6.45, 7) is 1.68. The number of nitrogens with one attached hydrogen (secondary N) is 1. The van der Waals surface area contributed by atoms with Crippen molar-refractivity contribution in [2.45, 2.75) is 19.5 Å². The molecule has 0 amide bonds. The van der Waals surface area contributed by atoms with E-state index in [-0.39, 0.29) is 12.2 Å². The highest BCUT2D eigenvalue weighted by atomic mass is 19.4. The zero-order valence-corrected chi connectivity index (χ0v) is 9.06. The lowest BCUT2D eigenvalue weighted by Crippen LogP contribution is -2.04. The Morgan fingerprint density at radius 2 is 2.06 bits per heavy atom. The first-order chi connectivity index (χ1) is 7.93. The molecule has 1 aromatic carbocycles. The molecule has 0 unspecified atom stereocenters. The number of hydrogen-bond acceptors (Lipinski definition) is 1. The summed E-state index contributed by atoms with van der Waals surface area (Å²) in [4.78, 5) is 14.3. The summed E-state index contributed by atoms with van der Waals surface area (Å²) in [6.07, 6.45) is -2.67. The van der Waals surface area contributed by atoms with Crippen molar-refractivity contribution in [2.24, 2.45) is 0 Å². The molecule has 0 radical (unpaired) electrons. The number of benzene rings is 1. The summed E-state index contributed by atoms with van der Waals surface area (Å²) in [5.74, 6) is -0.171. The molecule has 0 aliphatic heterocycles. The van der Waals surface area contributed by atoms with Crippen LogP contribution in [0.25, 0.3) is 10.9 Å². The lowest BCUT2D eigenvalue weighted by atomic mass is 10.1. The maximum absolute atomic E-state index is 12.5. The number of fused-ring (bicyclic) bond motifs is 1. The minimum atomic E-state index is -4.39. The summed E-state index contributed by atoms with van der Waals surface area (Å²) in [5.41, 5.74) is 0.109. The highest BCUT2D eigenvalue weighted by Gasteiger charge is 2.30. The fourth-order valence-electron chi connectivity index (χ4n) is 1.72. The van der Waals surface area contributed by atoms with Crippen LogP contribution in [0.2, 0.25) is 0 Å². The molecule has 90 valence electrons. The van der Waals surface area contributed by atoms with E-state index in [1.165, 1.54) is 12.3 Å². The molecule has 17 heavy (non-hydrogen) atoms. The summed E-state index contributed by atoms with van der Waals surface area (Å²) in [6, 6.07) is 3.35. The van der Waals surface area contributed by atoms with Crippen LogP contribution in [0.1, 0.15) is 29.3 Å². The Bertz CT molecular complexity index is 569. The number of H-pyrrole nitrogens is 1. The van der Waals surface area contributed by atoms with E-state index < -0.39 is 11.7 Å². The number of aromatic nitrogens is 1. The lowest BCUT2D eigenvalue weighted by molar-refractivity contribution is -0.137. The van der Waals surface area contributed by atoms with Crippen molar-refractivity contribution in [2.75, 3.05) is 0 Å². The number of carbonyl (C=O) groups is 1. The van der Waals surface area contributed by atoms with Gasteiger partial charge in [-0.25, -0.2) is 0 Å². The van der Waals surface area contributed by atoms with Crippen LogP contribution in [-0.4, -0.2) is 10.8 Å². The van der Waals surface area contributed by atoms with Gasteiger partial charge in [-0.05, 0) is 18.2 Å². The normalized spacial score (nSPS) is 12.0. The van der Waals surface area contributed by atoms with Crippen molar-refractivity contribution in [1.82, 2.24) is 4.98 Å². The maximum atomic E-state index is 12.5. The quantitative estimate of drug-likeness (QED) is 0.797. The lowest BCUT2D eigenvalue weighted by Gasteiger charge is -2.06. The van der Waals surface area contributed by atoms with Gasteiger partial charge < -0.3 is 4.98 Å². The predicted octanol–water partition coefficient (Wildman–Crippen LogP) is 3.78. The van der Waals surface area contributed by atoms with Gasteiger partial charge in [-0.1, -0.05) is 6.92 Å². The maximum Gasteiger partial charge on any atom is 0.416 e. The summed E-state index contributed by atoms with van der Waals surface area (Å²) >= 11 is 0. The Balaban J connectivity index is 2.62. The van der Waals surface area contributed by atoms with Crippen LogP contribution in [-0.2, 0) is 6.18 Å². The van der Waals surface area contributed by atoms with Gasteiger partial charge in [-0.15, -0.1) is 0 Å². The molecule has 1 heterocycles. The summed E-state index contributed by atoms with van der Waals surface area (Å²) in [5, 5.41) is 0.326. The molecule has 0 atom stereocenters. The average molecular weight is 241 g/mol. The van der Waals surface area contributed by atoms with E-state index in [0.717, 1.165) is 12.1 Å². The van der Waals surface area contributed by atoms with E-state index in [9.17, 15) is 18.0 Å². The van der Waals surface area contributed by atoms with Crippen LogP contribution in [0.4, 0.5) is 13.2 Å². The number of carbonyl (C=O) groups excluding carboxylic acids is 1. The molecule has 0 aliphatic carbocycles. The number of alkyl halides is 3. The summed E-state index contributed by atoms with van der Waals surface area (Å²) < 4.78 is 37.6. The van der Waals surface area contributed by atoms with Crippen LogP contribution < -0.4 is 0 Å². The molecule has 0 fully saturated rings. The van der Waals surface area contributed by atoms with Gasteiger partial charge in [0.15, 0.2) is 5.78 Å². The largest absolute Gasteiger partial charge is 0.416 e. The molecule has 2 aromatic rings. The first-order valence-electron chi connectivity index (χ1n) is 5.15. The van der Waals surface area contributed by atoms with E-state index in [1.807, 2.05) is 0 Å². The SMILES string of the molecule is CCC(=O)c1c[nH]c2ccc(C(F)(F)F)cc12. The van der Waals surface area contributed by atoms with Crippen molar-refractivity contribution in [1.29, 1.82) is 0 Å². The molecule has 0 aliphatic rings. The number of hydrogen-bond donors (Lipinski definition) is 1. The molecule has 1 aromatic heterocycles. The van der Waals surface area contributed by atoms with Crippen LogP contribution in [0, 0.1) is 0 Å². The predicted molar refractivity (Wildman–Crippen MR) is 57.9 cm³/mol. The monoisotopic (exact) mass is 241 g/mol. The second kappa shape index (κ2) is 3.91. The minimum absolute atomic E-state index is 0.171. The van der Waals surface area contributed by atoms with E-state index >= 15 is 0 Å². The number of ketones is 1. The third kappa shape index (κ3) is 2.05. The van der Waals surface area contributed by atoms with Crippen LogP contribution >= 0.6 is 0 Å². The number of rotatable bonds is 2. The molecule has 2 rings (SSSR count).